The van der Waals surface area contributed by atoms with Gasteiger partial charge in [-0.05, 0) is 17.7 Å². The molecule has 2 aromatic carbocycles. The van der Waals surface area contributed by atoms with Crippen LogP contribution in [0.25, 0.3) is 0 Å². The average molecular weight is 359 g/mol. The van der Waals surface area contributed by atoms with Crippen LogP contribution in [0.4, 0.5) is 9.18 Å². The third-order valence-corrected chi connectivity index (χ3v) is 3.84. The Morgan fingerprint density at radius 2 is 2.08 bits per heavy atom. The van der Waals surface area contributed by atoms with Crippen molar-refractivity contribution in [3.8, 4) is 5.75 Å². The molecular formula is C18H18FN3O4. The van der Waals surface area contributed by atoms with Gasteiger partial charge in [0.25, 0.3) is 0 Å². The van der Waals surface area contributed by atoms with E-state index in [4.69, 9.17) is 15.2 Å². The number of hydrogen-bond donors (Lipinski definition) is 2. The molecule has 2 amide bonds. The molecule has 1 aliphatic heterocycles. The predicted molar refractivity (Wildman–Crippen MR) is 91.6 cm³/mol. The Kier molecular flexibility index (Phi) is 5.33. The molecule has 1 atom stereocenters. The highest BCUT2D eigenvalue weighted by molar-refractivity contribution is 5.96. The number of benzene rings is 2. The van der Waals surface area contributed by atoms with Crippen LogP contribution in [0.5, 0.6) is 5.75 Å². The van der Waals surface area contributed by atoms with Gasteiger partial charge in [0.1, 0.15) is 19.3 Å². The minimum absolute atomic E-state index is 0.0326. The highest BCUT2D eigenvalue weighted by Crippen LogP contribution is 2.28. The summed E-state index contributed by atoms with van der Waals surface area (Å²) in [4.78, 5) is 15.2. The van der Waals surface area contributed by atoms with Crippen molar-refractivity contribution in [3.05, 3.63) is 65.5 Å². The second kappa shape index (κ2) is 7.83. The van der Waals surface area contributed by atoms with Crippen molar-refractivity contribution in [2.45, 2.75) is 6.04 Å². The van der Waals surface area contributed by atoms with Gasteiger partial charge in [0, 0.05) is 0 Å². The van der Waals surface area contributed by atoms with Crippen molar-refractivity contribution in [2.75, 3.05) is 19.8 Å². The molecule has 1 heterocycles. The predicted octanol–water partition coefficient (Wildman–Crippen LogP) is 2.49. The minimum Gasteiger partial charge on any atom is -0.489 e. The number of carbonyl (C=O) groups excluding carboxylic acids is 1. The second-order valence-corrected chi connectivity index (χ2v) is 5.60. The van der Waals surface area contributed by atoms with E-state index < -0.39 is 11.8 Å². The number of halogens is 1. The van der Waals surface area contributed by atoms with Gasteiger partial charge < -0.3 is 15.2 Å². The maximum Gasteiger partial charge on any atom is 0.338 e. The monoisotopic (exact) mass is 359 g/mol. The first-order chi connectivity index (χ1) is 12.6. The van der Waals surface area contributed by atoms with Gasteiger partial charge in [-0.1, -0.05) is 36.4 Å². The molecule has 3 rings (SSSR count). The summed E-state index contributed by atoms with van der Waals surface area (Å²) in [5.41, 5.74) is 6.07. The third-order valence-electron chi connectivity index (χ3n) is 3.84. The van der Waals surface area contributed by atoms with E-state index in [9.17, 15) is 14.4 Å². The summed E-state index contributed by atoms with van der Waals surface area (Å²) in [6.07, 6.45) is 0. The number of aliphatic imine (C=N–C) groups is 1. The van der Waals surface area contributed by atoms with Crippen LogP contribution in [-0.4, -0.2) is 42.0 Å². The maximum absolute atomic E-state index is 14.7. The first kappa shape index (κ1) is 17.7. The summed E-state index contributed by atoms with van der Waals surface area (Å²) < 4.78 is 25.5. The van der Waals surface area contributed by atoms with Gasteiger partial charge in [-0.25, -0.2) is 19.2 Å². The summed E-state index contributed by atoms with van der Waals surface area (Å²) in [6, 6.07) is 13.0. The smallest absolute Gasteiger partial charge is 0.338 e. The quantitative estimate of drug-likeness (QED) is 0.612. The number of carbonyl (C=O) groups is 1. The van der Waals surface area contributed by atoms with Crippen molar-refractivity contribution >= 4 is 11.9 Å². The number of primary amides is 1. The van der Waals surface area contributed by atoms with Crippen LogP contribution in [-0.2, 0) is 4.74 Å². The lowest BCUT2D eigenvalue weighted by Crippen LogP contribution is -2.35. The van der Waals surface area contributed by atoms with Gasteiger partial charge in [-0.3, -0.25) is 5.21 Å². The number of nitrogens with zero attached hydrogens (tertiary/aromatic N) is 2. The molecule has 8 heteroatoms. The minimum atomic E-state index is -1.01. The number of amides is 2. The number of urea groups is 1. The Morgan fingerprint density at radius 1 is 1.31 bits per heavy atom. The zero-order chi connectivity index (χ0) is 18.5. The lowest BCUT2D eigenvalue weighted by Gasteiger charge is -2.13. The largest absolute Gasteiger partial charge is 0.489 e. The molecule has 136 valence electrons. The van der Waals surface area contributed by atoms with E-state index in [2.05, 4.69) is 4.99 Å². The molecule has 26 heavy (non-hydrogen) atoms. The Hall–Kier alpha value is -3.13. The van der Waals surface area contributed by atoms with Crippen molar-refractivity contribution in [2.24, 2.45) is 10.7 Å². The molecule has 2 aromatic rings. The summed E-state index contributed by atoms with van der Waals surface area (Å²) in [6.45, 7) is 0.0221. The molecule has 0 aromatic heterocycles. The van der Waals surface area contributed by atoms with E-state index in [0.29, 0.717) is 6.61 Å². The molecule has 7 nitrogen and oxygen atoms in total. The first-order valence-electron chi connectivity index (χ1n) is 7.99. The van der Waals surface area contributed by atoms with E-state index >= 15 is 0 Å². The van der Waals surface area contributed by atoms with Crippen LogP contribution < -0.4 is 10.5 Å². The number of hydrogen-bond acceptors (Lipinski definition) is 5. The first-order valence-corrected chi connectivity index (χ1v) is 7.99. The van der Waals surface area contributed by atoms with Crippen molar-refractivity contribution in [1.29, 1.82) is 0 Å². The van der Waals surface area contributed by atoms with Crippen LogP contribution in [0.2, 0.25) is 0 Å². The molecule has 0 aliphatic carbocycles. The number of rotatable bonds is 6. The van der Waals surface area contributed by atoms with Gasteiger partial charge in [0.15, 0.2) is 11.6 Å². The fourth-order valence-corrected chi connectivity index (χ4v) is 2.51. The van der Waals surface area contributed by atoms with E-state index in [1.54, 1.807) is 12.1 Å². The summed E-state index contributed by atoms with van der Waals surface area (Å²) >= 11 is 0. The van der Waals surface area contributed by atoms with Gasteiger partial charge in [-0.15, -0.1) is 0 Å². The molecule has 0 spiro atoms. The highest BCUT2D eigenvalue weighted by Gasteiger charge is 2.24. The molecule has 0 fully saturated rings. The van der Waals surface area contributed by atoms with E-state index in [0.717, 1.165) is 5.56 Å². The van der Waals surface area contributed by atoms with Gasteiger partial charge in [0.05, 0.1) is 12.1 Å². The summed E-state index contributed by atoms with van der Waals surface area (Å²) in [5, 5.41) is 9.47. The SMILES string of the molecule is NC(=O)N(O)CCOc1cccc(C2=NC(c3ccccc3)CO2)c1F. The number of hydroxylamine groups is 2. The maximum atomic E-state index is 14.7. The van der Waals surface area contributed by atoms with E-state index in [1.165, 1.54) is 6.07 Å². The van der Waals surface area contributed by atoms with Crippen LogP contribution in [0.1, 0.15) is 17.2 Å². The topological polar surface area (TPSA) is 97.4 Å². The molecule has 0 bridgehead atoms. The molecule has 3 N–H and O–H groups in total. The van der Waals surface area contributed by atoms with Crippen molar-refractivity contribution < 1.29 is 23.9 Å². The molecule has 0 saturated carbocycles. The lowest BCUT2D eigenvalue weighted by molar-refractivity contribution is -0.0466. The molecule has 1 aliphatic rings. The molecule has 0 saturated heterocycles. The standard InChI is InChI=1S/C18H18FN3O4/c19-16-13(7-4-8-15(16)25-10-9-22(24)18(20)23)17-21-14(11-26-17)12-5-2-1-3-6-12/h1-8,14,24H,9-11H2,(H2,20,23). The van der Waals surface area contributed by atoms with Gasteiger partial charge in [-0.2, -0.15) is 0 Å². The normalized spacial score (nSPS) is 15.9. The summed E-state index contributed by atoms with van der Waals surface area (Å²) in [7, 11) is 0. The van der Waals surface area contributed by atoms with E-state index in [1.807, 2.05) is 30.3 Å². The van der Waals surface area contributed by atoms with Crippen LogP contribution in [0.3, 0.4) is 0 Å². The molecule has 0 radical (unpaired) electrons. The van der Waals surface area contributed by atoms with Gasteiger partial charge in [0.2, 0.25) is 5.90 Å². The lowest BCUT2D eigenvalue weighted by atomic mass is 10.1. The molecule has 1 unspecified atom stereocenters. The van der Waals surface area contributed by atoms with Crippen LogP contribution in [0, 0.1) is 5.82 Å². The fourth-order valence-electron chi connectivity index (χ4n) is 2.51. The third kappa shape index (κ3) is 3.92. The zero-order valence-electron chi connectivity index (χ0n) is 13.8. The average Bonchev–Trinajstić information content (AvgIpc) is 3.13. The fraction of sp³-hybridized carbons (Fsp3) is 0.222. The molecular weight excluding hydrogens is 341 g/mol. The Bertz CT molecular complexity index is 813. The van der Waals surface area contributed by atoms with Crippen molar-refractivity contribution in [1.82, 2.24) is 5.06 Å². The van der Waals surface area contributed by atoms with E-state index in [-0.39, 0.29) is 41.5 Å². The Balaban J connectivity index is 1.72. The zero-order valence-corrected chi connectivity index (χ0v) is 13.8. The highest BCUT2D eigenvalue weighted by atomic mass is 19.1. The van der Waals surface area contributed by atoms with Crippen LogP contribution in [0.15, 0.2) is 53.5 Å². The Labute approximate surface area is 149 Å². The Morgan fingerprint density at radius 3 is 2.81 bits per heavy atom. The van der Waals surface area contributed by atoms with Crippen molar-refractivity contribution in [3.63, 3.8) is 0 Å². The number of ether oxygens (including phenoxy) is 2. The van der Waals surface area contributed by atoms with Crippen LogP contribution >= 0.6 is 0 Å². The summed E-state index contributed by atoms with van der Waals surface area (Å²) in [5.74, 6) is -0.443. The second-order valence-electron chi connectivity index (χ2n) is 5.60. The number of nitrogens with two attached hydrogens (primary N) is 1. The van der Waals surface area contributed by atoms with Gasteiger partial charge >= 0.3 is 6.03 Å².